The van der Waals surface area contributed by atoms with Crippen molar-refractivity contribution in [2.24, 2.45) is 5.92 Å². The molecule has 1 heterocycles. The molecule has 1 fully saturated rings. The molecular weight excluding hydrogens is 291 g/mol. The van der Waals surface area contributed by atoms with Crippen molar-refractivity contribution in [2.45, 2.75) is 37.4 Å². The third-order valence-electron chi connectivity index (χ3n) is 3.69. The van der Waals surface area contributed by atoms with Crippen LogP contribution in [0, 0.1) is 11.7 Å². The molecule has 0 spiro atoms. The van der Waals surface area contributed by atoms with Gasteiger partial charge in [-0.2, -0.15) is 0 Å². The molecule has 0 amide bonds. The van der Waals surface area contributed by atoms with Crippen LogP contribution in [0.25, 0.3) is 11.0 Å². The van der Waals surface area contributed by atoms with E-state index in [1.54, 1.807) is 6.07 Å². The fourth-order valence-electron chi connectivity index (χ4n) is 2.48. The molecule has 1 aromatic carbocycles. The quantitative estimate of drug-likeness (QED) is 0.795. The molecule has 0 radical (unpaired) electrons. The molecule has 0 unspecified atom stereocenters. The van der Waals surface area contributed by atoms with Gasteiger partial charge in [-0.1, -0.05) is 24.6 Å². The van der Waals surface area contributed by atoms with E-state index in [2.05, 4.69) is 4.98 Å². The highest BCUT2D eigenvalue weighted by Gasteiger charge is 2.21. The number of hydrogen-bond acceptors (Lipinski definition) is 3. The molecule has 112 valence electrons. The zero-order valence-electron chi connectivity index (χ0n) is 11.6. The van der Waals surface area contributed by atoms with E-state index in [1.807, 2.05) is 4.57 Å². The number of aromatic nitrogens is 2. The molecule has 2 aromatic rings. The number of halogens is 1. The first kappa shape index (κ1) is 14.4. The number of carboxylic acids is 1. The number of aliphatic carboxylic acids is 1. The Bertz CT molecular complexity index is 667. The number of benzene rings is 1. The van der Waals surface area contributed by atoms with Gasteiger partial charge in [0, 0.05) is 12.6 Å². The van der Waals surface area contributed by atoms with Crippen LogP contribution < -0.4 is 0 Å². The normalized spacial score (nSPS) is 14.7. The summed E-state index contributed by atoms with van der Waals surface area (Å²) in [5, 5.41) is 9.48. The number of hydrogen-bond donors (Lipinski definition) is 1. The zero-order valence-corrected chi connectivity index (χ0v) is 12.4. The molecule has 1 saturated carbocycles. The van der Waals surface area contributed by atoms with E-state index in [0.29, 0.717) is 10.7 Å². The summed E-state index contributed by atoms with van der Waals surface area (Å²) in [6.45, 7) is 0.806. The molecule has 0 bridgehead atoms. The summed E-state index contributed by atoms with van der Waals surface area (Å²) in [7, 11) is 0. The van der Waals surface area contributed by atoms with Crippen molar-refractivity contribution < 1.29 is 14.3 Å². The second kappa shape index (κ2) is 6.05. The Labute approximate surface area is 126 Å². The van der Waals surface area contributed by atoms with E-state index in [0.717, 1.165) is 24.4 Å². The van der Waals surface area contributed by atoms with Crippen molar-refractivity contribution in [3.05, 3.63) is 24.0 Å². The van der Waals surface area contributed by atoms with Gasteiger partial charge in [0.05, 0.1) is 16.8 Å². The topological polar surface area (TPSA) is 55.1 Å². The second-order valence-corrected chi connectivity index (χ2v) is 6.39. The SMILES string of the molecule is O=C(O)CSc1nc2cc(F)ccc2n1CCCC1CC1. The van der Waals surface area contributed by atoms with E-state index < -0.39 is 5.97 Å². The van der Waals surface area contributed by atoms with Crippen LogP contribution in [-0.4, -0.2) is 26.4 Å². The number of imidazole rings is 1. The first-order chi connectivity index (χ1) is 10.1. The van der Waals surface area contributed by atoms with Gasteiger partial charge in [-0.05, 0) is 30.9 Å². The third kappa shape index (κ3) is 3.56. The summed E-state index contributed by atoms with van der Waals surface area (Å²) in [4.78, 5) is 15.1. The van der Waals surface area contributed by atoms with Crippen LogP contribution in [0.5, 0.6) is 0 Å². The number of rotatable bonds is 7. The lowest BCUT2D eigenvalue weighted by atomic mass is 10.2. The van der Waals surface area contributed by atoms with Crippen LogP contribution in [-0.2, 0) is 11.3 Å². The standard InChI is InChI=1S/C15H17FN2O2S/c16-11-5-6-13-12(8-11)17-15(21-9-14(19)20)18(13)7-1-2-10-3-4-10/h5-6,8,10H,1-4,7,9H2,(H,19,20). The van der Waals surface area contributed by atoms with Crippen LogP contribution in [0.3, 0.4) is 0 Å². The van der Waals surface area contributed by atoms with Crippen LogP contribution in [0.15, 0.2) is 23.4 Å². The predicted octanol–water partition coefficient (Wildman–Crippen LogP) is 3.54. The number of carboxylic acid groups (broad SMARTS) is 1. The van der Waals surface area contributed by atoms with Gasteiger partial charge in [0.2, 0.25) is 0 Å². The molecule has 1 aliphatic rings. The fraction of sp³-hybridized carbons (Fsp3) is 0.467. The lowest BCUT2D eigenvalue weighted by Crippen LogP contribution is -2.04. The van der Waals surface area contributed by atoms with Crippen molar-refractivity contribution in [3.63, 3.8) is 0 Å². The highest BCUT2D eigenvalue weighted by atomic mass is 32.2. The first-order valence-corrected chi connectivity index (χ1v) is 8.12. The van der Waals surface area contributed by atoms with Gasteiger partial charge >= 0.3 is 5.97 Å². The van der Waals surface area contributed by atoms with Crippen molar-refractivity contribution in [1.82, 2.24) is 9.55 Å². The number of nitrogens with zero attached hydrogens (tertiary/aromatic N) is 2. The second-order valence-electron chi connectivity index (χ2n) is 5.45. The Balaban J connectivity index is 1.83. The third-order valence-corrected chi connectivity index (χ3v) is 4.65. The highest BCUT2D eigenvalue weighted by Crippen LogP contribution is 2.34. The Kier molecular flexibility index (Phi) is 4.14. The Morgan fingerprint density at radius 3 is 3.00 bits per heavy atom. The van der Waals surface area contributed by atoms with Crippen molar-refractivity contribution in [3.8, 4) is 0 Å². The summed E-state index contributed by atoms with van der Waals surface area (Å²) in [5.41, 5.74) is 1.47. The molecule has 1 aromatic heterocycles. The van der Waals surface area contributed by atoms with Crippen LogP contribution >= 0.6 is 11.8 Å². The molecule has 0 aliphatic heterocycles. The lowest BCUT2D eigenvalue weighted by Gasteiger charge is -2.08. The predicted molar refractivity (Wildman–Crippen MR) is 80.0 cm³/mol. The smallest absolute Gasteiger partial charge is 0.313 e. The fourth-order valence-corrected chi connectivity index (χ4v) is 3.24. The average molecular weight is 308 g/mol. The molecule has 1 N–H and O–H groups in total. The molecule has 0 saturated heterocycles. The van der Waals surface area contributed by atoms with Crippen molar-refractivity contribution >= 4 is 28.8 Å². The summed E-state index contributed by atoms with van der Waals surface area (Å²) in [5.74, 6) is -0.357. The molecule has 1 aliphatic carbocycles. The first-order valence-electron chi connectivity index (χ1n) is 7.14. The Hall–Kier alpha value is -1.56. The molecule has 21 heavy (non-hydrogen) atoms. The monoisotopic (exact) mass is 308 g/mol. The maximum absolute atomic E-state index is 13.3. The van der Waals surface area contributed by atoms with Gasteiger partial charge in [-0.15, -0.1) is 0 Å². The maximum Gasteiger partial charge on any atom is 0.313 e. The average Bonchev–Trinajstić information content (AvgIpc) is 3.19. The van der Waals surface area contributed by atoms with E-state index >= 15 is 0 Å². The minimum atomic E-state index is -0.872. The minimum absolute atomic E-state index is 0.0333. The highest BCUT2D eigenvalue weighted by molar-refractivity contribution is 7.99. The zero-order chi connectivity index (χ0) is 14.8. The summed E-state index contributed by atoms with van der Waals surface area (Å²) >= 11 is 1.19. The van der Waals surface area contributed by atoms with E-state index in [9.17, 15) is 9.18 Å². The van der Waals surface area contributed by atoms with Crippen LogP contribution in [0.4, 0.5) is 4.39 Å². The Morgan fingerprint density at radius 2 is 2.29 bits per heavy atom. The van der Waals surface area contributed by atoms with E-state index in [-0.39, 0.29) is 11.6 Å². The summed E-state index contributed by atoms with van der Waals surface area (Å²) in [6, 6.07) is 4.55. The van der Waals surface area contributed by atoms with Crippen LogP contribution in [0.1, 0.15) is 25.7 Å². The summed E-state index contributed by atoms with van der Waals surface area (Å²) in [6.07, 6.45) is 4.91. The van der Waals surface area contributed by atoms with Crippen molar-refractivity contribution in [2.75, 3.05) is 5.75 Å². The summed E-state index contributed by atoms with van der Waals surface area (Å²) < 4.78 is 15.3. The number of aryl methyl sites for hydroxylation is 1. The van der Waals surface area contributed by atoms with Gasteiger partial charge in [0.1, 0.15) is 5.82 Å². The van der Waals surface area contributed by atoms with Gasteiger partial charge in [0.15, 0.2) is 5.16 Å². The molecule has 6 heteroatoms. The molecule has 4 nitrogen and oxygen atoms in total. The van der Waals surface area contributed by atoms with Gasteiger partial charge < -0.3 is 9.67 Å². The largest absolute Gasteiger partial charge is 0.481 e. The number of thioether (sulfide) groups is 1. The number of carbonyl (C=O) groups is 1. The van der Waals surface area contributed by atoms with Gasteiger partial charge in [-0.25, -0.2) is 9.37 Å². The van der Waals surface area contributed by atoms with Gasteiger partial charge in [-0.3, -0.25) is 4.79 Å². The van der Waals surface area contributed by atoms with E-state index in [4.69, 9.17) is 5.11 Å². The molecule has 3 rings (SSSR count). The van der Waals surface area contributed by atoms with E-state index in [1.165, 1.54) is 43.2 Å². The number of fused-ring (bicyclic) bond motifs is 1. The van der Waals surface area contributed by atoms with Crippen LogP contribution in [0.2, 0.25) is 0 Å². The minimum Gasteiger partial charge on any atom is -0.481 e. The maximum atomic E-state index is 13.3. The molecular formula is C15H17FN2O2S. The van der Waals surface area contributed by atoms with Gasteiger partial charge in [0.25, 0.3) is 0 Å². The Morgan fingerprint density at radius 1 is 1.48 bits per heavy atom. The molecule has 0 atom stereocenters. The lowest BCUT2D eigenvalue weighted by molar-refractivity contribution is -0.133. The van der Waals surface area contributed by atoms with Crippen molar-refractivity contribution in [1.29, 1.82) is 0 Å².